The van der Waals surface area contributed by atoms with E-state index in [9.17, 15) is 24.1 Å². The molecule has 0 fully saturated rings. The number of ether oxygens (including phenoxy) is 2. The Hall–Kier alpha value is -4.44. The summed E-state index contributed by atoms with van der Waals surface area (Å²) < 4.78 is 29.9. The number of rotatable bonds is 6. The number of hydrogen-bond donors (Lipinski definition) is 0. The zero-order valence-electron chi connectivity index (χ0n) is 20.8. The van der Waals surface area contributed by atoms with Crippen LogP contribution in [-0.4, -0.2) is 31.1 Å². The van der Waals surface area contributed by atoms with Gasteiger partial charge in [-0.2, -0.15) is 0 Å². The standard InChI is InChI=1S/C27H22ClFN2O7/c1-14-23(26(32)36-3)25(22-12-11-21(38-22)16-5-10-20(29)19(28)13-16)24(27(33)37-4)15(2)30(14)17-6-8-18(9-7-17)31(34)35/h5-13,25H,1-4H3. The number of anilines is 1. The van der Waals surface area contributed by atoms with Crippen molar-refractivity contribution in [3.63, 3.8) is 0 Å². The second kappa shape index (κ2) is 10.5. The lowest BCUT2D eigenvalue weighted by Gasteiger charge is -2.36. The monoisotopic (exact) mass is 540 g/mol. The molecule has 0 bridgehead atoms. The molecule has 2 aromatic carbocycles. The molecule has 1 aliphatic rings. The van der Waals surface area contributed by atoms with Crippen LogP contribution in [0.3, 0.4) is 0 Å². The lowest BCUT2D eigenvalue weighted by atomic mass is 9.82. The zero-order valence-corrected chi connectivity index (χ0v) is 21.5. The Bertz CT molecular complexity index is 1470. The first kappa shape index (κ1) is 26.6. The van der Waals surface area contributed by atoms with Gasteiger partial charge in [-0.05, 0) is 56.3 Å². The molecule has 0 aliphatic carbocycles. The predicted molar refractivity (Wildman–Crippen MR) is 137 cm³/mol. The molecule has 0 spiro atoms. The second-order valence-electron chi connectivity index (χ2n) is 8.35. The van der Waals surface area contributed by atoms with Gasteiger partial charge >= 0.3 is 11.9 Å². The molecule has 0 unspecified atom stereocenters. The predicted octanol–water partition coefficient (Wildman–Crippen LogP) is 6.15. The summed E-state index contributed by atoms with van der Waals surface area (Å²) in [6, 6.07) is 13.0. The van der Waals surface area contributed by atoms with Crippen LogP contribution in [0.4, 0.5) is 15.8 Å². The van der Waals surface area contributed by atoms with E-state index in [0.717, 1.165) is 0 Å². The minimum Gasteiger partial charge on any atom is -0.466 e. The molecule has 9 nitrogen and oxygen atoms in total. The maximum atomic E-state index is 13.7. The fraction of sp³-hybridized carbons (Fsp3) is 0.185. The Morgan fingerprint density at radius 2 is 1.55 bits per heavy atom. The third-order valence-corrected chi connectivity index (χ3v) is 6.56. The number of benzene rings is 2. The highest BCUT2D eigenvalue weighted by Crippen LogP contribution is 2.45. The van der Waals surface area contributed by atoms with Gasteiger partial charge in [-0.25, -0.2) is 14.0 Å². The van der Waals surface area contributed by atoms with Crippen LogP contribution < -0.4 is 4.90 Å². The molecule has 2 heterocycles. The molecule has 1 aliphatic heterocycles. The van der Waals surface area contributed by atoms with Crippen molar-refractivity contribution < 1.29 is 32.8 Å². The molecule has 0 saturated carbocycles. The van der Waals surface area contributed by atoms with Gasteiger partial charge in [-0.15, -0.1) is 0 Å². The first-order valence-corrected chi connectivity index (χ1v) is 11.6. The second-order valence-corrected chi connectivity index (χ2v) is 8.76. The molecule has 4 rings (SSSR count). The number of hydrogen-bond acceptors (Lipinski definition) is 8. The van der Waals surface area contributed by atoms with E-state index in [1.54, 1.807) is 30.9 Å². The maximum Gasteiger partial charge on any atom is 0.336 e. The Morgan fingerprint density at radius 1 is 0.974 bits per heavy atom. The smallest absolute Gasteiger partial charge is 0.336 e. The molecule has 3 aromatic rings. The van der Waals surface area contributed by atoms with E-state index in [1.807, 2.05) is 0 Å². The van der Waals surface area contributed by atoms with Crippen molar-refractivity contribution in [2.45, 2.75) is 19.8 Å². The van der Waals surface area contributed by atoms with Crippen LogP contribution in [0.1, 0.15) is 25.5 Å². The molecule has 0 radical (unpaired) electrons. The summed E-state index contributed by atoms with van der Waals surface area (Å²) in [6.07, 6.45) is 0. The van der Waals surface area contributed by atoms with Gasteiger partial charge < -0.3 is 18.8 Å². The van der Waals surface area contributed by atoms with E-state index in [0.29, 0.717) is 28.4 Å². The third kappa shape index (κ3) is 4.66. The first-order valence-electron chi connectivity index (χ1n) is 11.3. The van der Waals surface area contributed by atoms with Gasteiger partial charge in [-0.3, -0.25) is 10.1 Å². The van der Waals surface area contributed by atoms with Crippen LogP contribution in [0.15, 0.2) is 81.6 Å². The highest BCUT2D eigenvalue weighted by atomic mass is 35.5. The van der Waals surface area contributed by atoms with Crippen molar-refractivity contribution in [2.75, 3.05) is 19.1 Å². The van der Waals surface area contributed by atoms with E-state index in [1.165, 1.54) is 56.7 Å². The molecular weight excluding hydrogens is 519 g/mol. The molecule has 11 heteroatoms. The van der Waals surface area contributed by atoms with Gasteiger partial charge in [0.1, 0.15) is 17.3 Å². The van der Waals surface area contributed by atoms with Crippen molar-refractivity contribution >= 4 is 34.9 Å². The molecule has 0 saturated heterocycles. The summed E-state index contributed by atoms with van der Waals surface area (Å²) >= 11 is 5.93. The zero-order chi connectivity index (χ0) is 27.7. The summed E-state index contributed by atoms with van der Waals surface area (Å²) in [5.74, 6) is -2.44. The fourth-order valence-electron chi connectivity index (χ4n) is 4.51. The highest BCUT2D eigenvalue weighted by Gasteiger charge is 2.42. The Labute approximate surface area is 221 Å². The topological polar surface area (TPSA) is 112 Å². The molecule has 1 aromatic heterocycles. The maximum absolute atomic E-state index is 13.7. The molecule has 0 atom stereocenters. The largest absolute Gasteiger partial charge is 0.466 e. The summed E-state index contributed by atoms with van der Waals surface area (Å²) in [4.78, 5) is 38.5. The lowest BCUT2D eigenvalue weighted by molar-refractivity contribution is -0.384. The number of esters is 2. The summed E-state index contributed by atoms with van der Waals surface area (Å²) in [5, 5.41) is 11.0. The van der Waals surface area contributed by atoms with E-state index in [-0.39, 0.29) is 27.6 Å². The van der Waals surface area contributed by atoms with E-state index < -0.39 is 28.6 Å². The van der Waals surface area contributed by atoms with Crippen molar-refractivity contribution in [1.29, 1.82) is 0 Å². The highest BCUT2D eigenvalue weighted by molar-refractivity contribution is 6.31. The van der Waals surface area contributed by atoms with Gasteiger partial charge in [0.25, 0.3) is 5.69 Å². The lowest BCUT2D eigenvalue weighted by Crippen LogP contribution is -2.35. The number of halogens is 2. The molecule has 38 heavy (non-hydrogen) atoms. The Balaban J connectivity index is 1.91. The quantitative estimate of drug-likeness (QED) is 0.208. The van der Waals surface area contributed by atoms with Crippen molar-refractivity contribution in [1.82, 2.24) is 0 Å². The summed E-state index contributed by atoms with van der Waals surface area (Å²) in [7, 11) is 2.43. The number of nitro groups is 1. The summed E-state index contributed by atoms with van der Waals surface area (Å²) in [6.45, 7) is 3.34. The average molecular weight is 541 g/mol. The number of non-ortho nitro benzene ring substituents is 1. The third-order valence-electron chi connectivity index (χ3n) is 6.27. The van der Waals surface area contributed by atoms with Crippen LogP contribution in [0, 0.1) is 15.9 Å². The average Bonchev–Trinajstić information content (AvgIpc) is 3.39. The number of carbonyl (C=O) groups is 2. The number of nitro benzene ring substituents is 1. The minimum absolute atomic E-state index is 0.0890. The van der Waals surface area contributed by atoms with Gasteiger partial charge in [0, 0.05) is 34.8 Å². The van der Waals surface area contributed by atoms with Gasteiger partial charge in [-0.1, -0.05) is 11.6 Å². The SMILES string of the molecule is COC(=O)C1=C(C)N(c2ccc([N+](=O)[O-])cc2)C(C)=C(C(=O)OC)C1c1ccc(-c2ccc(F)c(Cl)c2)o1. The first-order chi connectivity index (χ1) is 18.1. The van der Waals surface area contributed by atoms with Gasteiger partial charge in [0.05, 0.1) is 41.2 Å². The van der Waals surface area contributed by atoms with E-state index in [2.05, 4.69) is 0 Å². The number of methoxy groups -OCH3 is 2. The number of carbonyl (C=O) groups excluding carboxylic acids is 2. The fourth-order valence-corrected chi connectivity index (χ4v) is 4.69. The van der Waals surface area contributed by atoms with Crippen molar-refractivity contribution in [3.8, 4) is 11.3 Å². The van der Waals surface area contributed by atoms with Crippen LogP contribution in [0.5, 0.6) is 0 Å². The van der Waals surface area contributed by atoms with Crippen LogP contribution in [0.25, 0.3) is 11.3 Å². The number of nitrogens with zero attached hydrogens (tertiary/aromatic N) is 2. The van der Waals surface area contributed by atoms with Crippen LogP contribution in [0.2, 0.25) is 5.02 Å². The Kier molecular flexibility index (Phi) is 7.36. The van der Waals surface area contributed by atoms with Gasteiger partial charge in [0.15, 0.2) is 0 Å². The van der Waals surface area contributed by atoms with Crippen LogP contribution >= 0.6 is 11.6 Å². The number of allylic oxidation sites excluding steroid dienone is 2. The van der Waals surface area contributed by atoms with Gasteiger partial charge in [0.2, 0.25) is 0 Å². The van der Waals surface area contributed by atoms with E-state index >= 15 is 0 Å². The van der Waals surface area contributed by atoms with E-state index in [4.69, 9.17) is 25.5 Å². The molecule has 0 amide bonds. The number of furan rings is 1. The normalized spacial score (nSPS) is 14.1. The minimum atomic E-state index is -1.01. The Morgan fingerprint density at radius 3 is 2.05 bits per heavy atom. The molecule has 196 valence electrons. The summed E-state index contributed by atoms with van der Waals surface area (Å²) in [5.41, 5.74) is 1.91. The molecular formula is C27H22ClFN2O7. The molecule has 0 N–H and O–H groups in total. The van der Waals surface area contributed by atoms with Crippen molar-refractivity contribution in [2.24, 2.45) is 0 Å². The van der Waals surface area contributed by atoms with Crippen LogP contribution in [-0.2, 0) is 19.1 Å². The van der Waals surface area contributed by atoms with Crippen molar-refractivity contribution in [3.05, 3.63) is 104 Å².